The molecule has 1 heterocycles. The summed E-state index contributed by atoms with van der Waals surface area (Å²) in [5.41, 5.74) is 6.67. The van der Waals surface area contributed by atoms with Gasteiger partial charge in [0, 0.05) is 22.7 Å². The fraction of sp³-hybridized carbons (Fsp3) is 0.385. The van der Waals surface area contributed by atoms with E-state index in [1.807, 2.05) is 0 Å². The molecule has 1 aliphatic rings. The number of rotatable bonds is 2. The van der Waals surface area contributed by atoms with Gasteiger partial charge in [0.05, 0.1) is 11.5 Å². The highest BCUT2D eigenvalue weighted by atomic mass is 79.9. The molecule has 6 heteroatoms. The number of carbonyl (C=O) groups excluding carboxylic acids is 1. The molecular formula is C13H15BrN2O3. The van der Waals surface area contributed by atoms with Crippen LogP contribution in [-0.4, -0.2) is 34.5 Å². The summed E-state index contributed by atoms with van der Waals surface area (Å²) >= 11 is 3.32. The third-order valence-electron chi connectivity index (χ3n) is 3.55. The lowest BCUT2D eigenvalue weighted by molar-refractivity contribution is -0.142. The van der Waals surface area contributed by atoms with Crippen LogP contribution in [0.1, 0.15) is 23.7 Å². The van der Waals surface area contributed by atoms with E-state index in [1.54, 1.807) is 30.0 Å². The zero-order valence-electron chi connectivity index (χ0n) is 10.5. The molecule has 1 fully saturated rings. The molecule has 2 rings (SSSR count). The van der Waals surface area contributed by atoms with E-state index in [0.717, 1.165) is 0 Å². The van der Waals surface area contributed by atoms with Crippen molar-refractivity contribution in [2.75, 3.05) is 12.3 Å². The van der Waals surface area contributed by atoms with Crippen molar-refractivity contribution < 1.29 is 14.7 Å². The van der Waals surface area contributed by atoms with Crippen molar-refractivity contribution in [3.63, 3.8) is 0 Å². The van der Waals surface area contributed by atoms with Gasteiger partial charge in [-0.05, 0) is 47.5 Å². The first-order valence-corrected chi connectivity index (χ1v) is 6.80. The molecule has 3 N–H and O–H groups in total. The Bertz CT molecular complexity index is 533. The molecule has 19 heavy (non-hydrogen) atoms. The van der Waals surface area contributed by atoms with Crippen molar-refractivity contribution in [3.05, 3.63) is 28.2 Å². The summed E-state index contributed by atoms with van der Waals surface area (Å²) in [4.78, 5) is 25.1. The van der Waals surface area contributed by atoms with Crippen LogP contribution in [0.25, 0.3) is 0 Å². The number of hydrogen-bond acceptors (Lipinski definition) is 3. The Balaban J connectivity index is 2.26. The monoisotopic (exact) mass is 326 g/mol. The number of likely N-dealkylation sites (tertiary alicyclic amines) is 1. The van der Waals surface area contributed by atoms with Crippen molar-refractivity contribution in [1.82, 2.24) is 4.90 Å². The van der Waals surface area contributed by atoms with E-state index < -0.39 is 11.9 Å². The summed E-state index contributed by atoms with van der Waals surface area (Å²) in [6.45, 7) is 2.22. The van der Waals surface area contributed by atoms with Gasteiger partial charge in [0.15, 0.2) is 0 Å². The third-order valence-corrected chi connectivity index (χ3v) is 4.25. The number of hydrogen-bond donors (Lipinski definition) is 2. The maximum atomic E-state index is 12.4. The number of anilines is 1. The van der Waals surface area contributed by atoms with Crippen molar-refractivity contribution in [2.45, 2.75) is 19.4 Å². The second-order valence-corrected chi connectivity index (χ2v) is 5.57. The number of carboxylic acids is 1. The number of nitrogens with zero attached hydrogens (tertiary/aromatic N) is 1. The highest BCUT2D eigenvalue weighted by Crippen LogP contribution is 2.28. The Morgan fingerprint density at radius 1 is 1.47 bits per heavy atom. The van der Waals surface area contributed by atoms with Crippen LogP contribution < -0.4 is 5.73 Å². The predicted molar refractivity (Wildman–Crippen MR) is 74.8 cm³/mol. The first-order chi connectivity index (χ1) is 8.91. The average molecular weight is 327 g/mol. The fourth-order valence-electron chi connectivity index (χ4n) is 2.42. The van der Waals surface area contributed by atoms with Gasteiger partial charge in [-0.1, -0.05) is 0 Å². The highest BCUT2D eigenvalue weighted by molar-refractivity contribution is 9.10. The van der Waals surface area contributed by atoms with Crippen LogP contribution in [0.2, 0.25) is 0 Å². The zero-order valence-corrected chi connectivity index (χ0v) is 12.1. The Morgan fingerprint density at radius 3 is 2.74 bits per heavy atom. The molecule has 2 atom stereocenters. The molecule has 2 unspecified atom stereocenters. The standard InChI is InChI=1S/C13H15BrN2O3/c1-7-9(13(18)19)4-5-16(7)12(17)10-6-8(15)2-3-11(10)14/h2-3,6-7,9H,4-5,15H2,1H3,(H,18,19). The first-order valence-electron chi connectivity index (χ1n) is 6.00. The Morgan fingerprint density at radius 2 is 2.16 bits per heavy atom. The van der Waals surface area contributed by atoms with Gasteiger partial charge in [0.2, 0.25) is 0 Å². The number of benzene rings is 1. The molecule has 0 aromatic heterocycles. The van der Waals surface area contributed by atoms with Crippen LogP contribution in [0, 0.1) is 5.92 Å². The third kappa shape index (κ3) is 2.58. The van der Waals surface area contributed by atoms with Gasteiger partial charge < -0.3 is 15.7 Å². The number of aliphatic carboxylic acids is 1. The Kier molecular flexibility index (Phi) is 3.80. The number of amides is 1. The maximum Gasteiger partial charge on any atom is 0.308 e. The minimum Gasteiger partial charge on any atom is -0.481 e. The van der Waals surface area contributed by atoms with Gasteiger partial charge >= 0.3 is 5.97 Å². The smallest absolute Gasteiger partial charge is 0.308 e. The Labute approximate surface area is 119 Å². The quantitative estimate of drug-likeness (QED) is 0.814. The molecule has 1 aromatic carbocycles. The molecule has 0 spiro atoms. The van der Waals surface area contributed by atoms with Crippen LogP contribution in [0.3, 0.4) is 0 Å². The van der Waals surface area contributed by atoms with Gasteiger partial charge in [0.1, 0.15) is 0 Å². The van der Waals surface area contributed by atoms with Gasteiger partial charge in [-0.15, -0.1) is 0 Å². The first kappa shape index (κ1) is 13.9. The van der Waals surface area contributed by atoms with Crippen LogP contribution in [0.5, 0.6) is 0 Å². The highest BCUT2D eigenvalue weighted by Gasteiger charge is 2.38. The fourth-order valence-corrected chi connectivity index (χ4v) is 2.83. The van der Waals surface area contributed by atoms with E-state index in [1.165, 1.54) is 0 Å². The maximum absolute atomic E-state index is 12.4. The van der Waals surface area contributed by atoms with Crippen LogP contribution in [-0.2, 0) is 4.79 Å². The molecule has 1 saturated heterocycles. The second kappa shape index (κ2) is 5.21. The normalized spacial score (nSPS) is 22.5. The van der Waals surface area contributed by atoms with Gasteiger partial charge in [-0.25, -0.2) is 0 Å². The molecule has 0 aliphatic carbocycles. The van der Waals surface area contributed by atoms with E-state index in [2.05, 4.69) is 15.9 Å². The predicted octanol–water partition coefficient (Wildman–Crippen LogP) is 1.97. The number of halogens is 1. The Hall–Kier alpha value is -1.56. The van der Waals surface area contributed by atoms with Crippen LogP contribution >= 0.6 is 15.9 Å². The number of carboxylic acid groups (broad SMARTS) is 1. The largest absolute Gasteiger partial charge is 0.481 e. The number of nitrogens with two attached hydrogens (primary N) is 1. The SMILES string of the molecule is CC1C(C(=O)O)CCN1C(=O)c1cc(N)ccc1Br. The summed E-state index contributed by atoms with van der Waals surface area (Å²) in [7, 11) is 0. The molecule has 5 nitrogen and oxygen atoms in total. The van der Waals surface area contributed by atoms with E-state index in [9.17, 15) is 9.59 Å². The van der Waals surface area contributed by atoms with Crippen LogP contribution in [0.4, 0.5) is 5.69 Å². The topological polar surface area (TPSA) is 83.6 Å². The molecule has 1 aliphatic heterocycles. The summed E-state index contributed by atoms with van der Waals surface area (Å²) in [5.74, 6) is -1.53. The minimum absolute atomic E-state index is 0.185. The molecule has 0 bridgehead atoms. The summed E-state index contributed by atoms with van der Waals surface area (Å²) in [6.07, 6.45) is 0.488. The van der Waals surface area contributed by atoms with Crippen molar-refractivity contribution >= 4 is 33.5 Å². The molecule has 0 radical (unpaired) electrons. The van der Waals surface area contributed by atoms with Gasteiger partial charge in [-0.3, -0.25) is 9.59 Å². The molecular weight excluding hydrogens is 312 g/mol. The van der Waals surface area contributed by atoms with Gasteiger partial charge in [-0.2, -0.15) is 0 Å². The lowest BCUT2D eigenvalue weighted by atomic mass is 10.0. The summed E-state index contributed by atoms with van der Waals surface area (Å²) in [5, 5.41) is 9.09. The summed E-state index contributed by atoms with van der Waals surface area (Å²) in [6, 6.07) is 4.72. The van der Waals surface area contributed by atoms with Crippen molar-refractivity contribution in [3.8, 4) is 0 Å². The van der Waals surface area contributed by atoms with Crippen molar-refractivity contribution in [2.24, 2.45) is 5.92 Å². The lowest BCUT2D eigenvalue weighted by Crippen LogP contribution is -2.37. The number of nitrogen functional groups attached to an aromatic ring is 1. The zero-order chi connectivity index (χ0) is 14.2. The molecule has 102 valence electrons. The molecule has 1 amide bonds. The van der Waals surface area contributed by atoms with Crippen LogP contribution in [0.15, 0.2) is 22.7 Å². The number of carbonyl (C=O) groups is 2. The molecule has 0 saturated carbocycles. The lowest BCUT2D eigenvalue weighted by Gasteiger charge is -2.24. The van der Waals surface area contributed by atoms with E-state index in [4.69, 9.17) is 10.8 Å². The van der Waals surface area contributed by atoms with Gasteiger partial charge in [0.25, 0.3) is 5.91 Å². The summed E-state index contributed by atoms with van der Waals surface area (Å²) < 4.78 is 0.665. The minimum atomic E-state index is -0.852. The van der Waals surface area contributed by atoms with E-state index >= 15 is 0 Å². The molecule has 1 aromatic rings. The average Bonchev–Trinajstić information content (AvgIpc) is 2.73. The van der Waals surface area contributed by atoms with E-state index in [0.29, 0.717) is 28.7 Å². The second-order valence-electron chi connectivity index (χ2n) is 4.71. The van der Waals surface area contributed by atoms with E-state index in [-0.39, 0.29) is 11.9 Å². The van der Waals surface area contributed by atoms with Crippen molar-refractivity contribution in [1.29, 1.82) is 0 Å².